The van der Waals surface area contributed by atoms with Crippen molar-refractivity contribution < 1.29 is 19.1 Å². The minimum atomic E-state index is -0.785. The van der Waals surface area contributed by atoms with Gasteiger partial charge in [-0.05, 0) is 36.4 Å². The molecule has 0 atom stereocenters. The summed E-state index contributed by atoms with van der Waals surface area (Å²) in [6.07, 6.45) is 0. The largest absolute Gasteiger partial charge is 0.497 e. The monoisotopic (exact) mass is 348 g/mol. The number of para-hydroxylation sites is 1. The van der Waals surface area contributed by atoms with E-state index >= 15 is 0 Å². The molecule has 0 radical (unpaired) electrons. The highest BCUT2D eigenvalue weighted by molar-refractivity contribution is 6.41. The van der Waals surface area contributed by atoms with Gasteiger partial charge in [0.2, 0.25) is 0 Å². The Hall–Kier alpha value is -2.73. The molecule has 0 bridgehead atoms. The fourth-order valence-electron chi connectivity index (χ4n) is 1.83. The number of ether oxygens (including phenoxy) is 2. The second-order valence-electron chi connectivity index (χ2n) is 4.71. The number of halogens is 1. The Morgan fingerprint density at radius 1 is 1.00 bits per heavy atom. The molecule has 2 aromatic rings. The summed E-state index contributed by atoms with van der Waals surface area (Å²) in [5, 5.41) is 5.28. The zero-order valence-electron chi connectivity index (χ0n) is 13.0. The lowest BCUT2D eigenvalue weighted by Crippen LogP contribution is -2.37. The molecule has 0 saturated carbocycles. The Labute approximate surface area is 144 Å². The topological polar surface area (TPSA) is 76.7 Å². The Morgan fingerprint density at radius 2 is 1.67 bits per heavy atom. The summed E-state index contributed by atoms with van der Waals surface area (Å²) in [5.74, 6) is -0.168. The summed E-state index contributed by atoms with van der Waals surface area (Å²) in [6.45, 7) is 0.429. The zero-order valence-corrected chi connectivity index (χ0v) is 13.8. The van der Waals surface area contributed by atoms with Gasteiger partial charge in [0.15, 0.2) is 0 Å². The maximum Gasteiger partial charge on any atom is 0.313 e. The van der Waals surface area contributed by atoms with E-state index in [2.05, 4.69) is 10.6 Å². The average molecular weight is 349 g/mol. The highest BCUT2D eigenvalue weighted by atomic mass is 35.5. The Bertz CT molecular complexity index is 704. The lowest BCUT2D eigenvalue weighted by molar-refractivity contribution is -0.136. The summed E-state index contributed by atoms with van der Waals surface area (Å²) in [4.78, 5) is 23.5. The molecule has 6 nitrogen and oxygen atoms in total. The first kappa shape index (κ1) is 17.6. The number of hydrogen-bond acceptors (Lipinski definition) is 4. The van der Waals surface area contributed by atoms with Crippen LogP contribution in [0.4, 0.5) is 5.69 Å². The molecule has 2 N–H and O–H groups in total. The smallest absolute Gasteiger partial charge is 0.313 e. The Morgan fingerprint density at radius 3 is 2.33 bits per heavy atom. The molecule has 0 aliphatic rings. The van der Waals surface area contributed by atoms with Crippen LogP contribution in [0.2, 0.25) is 5.02 Å². The number of methoxy groups -OCH3 is 1. The van der Waals surface area contributed by atoms with Gasteiger partial charge in [0.25, 0.3) is 0 Å². The standard InChI is InChI=1S/C17H17ClN2O4/c1-23-12-6-8-13(9-7-12)24-11-10-19-16(21)17(22)20-15-5-3-2-4-14(15)18/h2-9H,10-11H2,1H3,(H,19,21)(H,20,22). The van der Waals surface area contributed by atoms with E-state index in [0.29, 0.717) is 16.5 Å². The van der Waals surface area contributed by atoms with Crippen LogP contribution in [0.1, 0.15) is 0 Å². The van der Waals surface area contributed by atoms with Crippen LogP contribution >= 0.6 is 11.6 Å². The van der Waals surface area contributed by atoms with Crippen LogP contribution < -0.4 is 20.1 Å². The molecule has 126 valence electrons. The molecule has 0 aliphatic carbocycles. The van der Waals surface area contributed by atoms with Gasteiger partial charge in [-0.3, -0.25) is 9.59 Å². The fraction of sp³-hybridized carbons (Fsp3) is 0.176. The average Bonchev–Trinajstić information content (AvgIpc) is 2.61. The number of amides is 2. The Kier molecular flexibility index (Phi) is 6.45. The summed E-state index contributed by atoms with van der Waals surface area (Å²) in [7, 11) is 1.58. The molecule has 0 aliphatic heterocycles. The lowest BCUT2D eigenvalue weighted by Gasteiger charge is -2.09. The van der Waals surface area contributed by atoms with E-state index in [-0.39, 0.29) is 13.2 Å². The van der Waals surface area contributed by atoms with Crippen molar-refractivity contribution in [3.05, 3.63) is 53.6 Å². The van der Waals surface area contributed by atoms with Crippen molar-refractivity contribution in [1.29, 1.82) is 0 Å². The predicted octanol–water partition coefficient (Wildman–Crippen LogP) is 2.48. The summed E-state index contributed by atoms with van der Waals surface area (Å²) in [6, 6.07) is 13.7. The molecule has 7 heteroatoms. The first-order valence-corrected chi connectivity index (χ1v) is 7.58. The van der Waals surface area contributed by atoms with Crippen molar-refractivity contribution in [3.63, 3.8) is 0 Å². The maximum atomic E-state index is 11.8. The third-order valence-electron chi connectivity index (χ3n) is 3.04. The second kappa shape index (κ2) is 8.79. The molecule has 0 saturated heterocycles. The van der Waals surface area contributed by atoms with Crippen LogP contribution in [-0.2, 0) is 9.59 Å². The first-order chi connectivity index (χ1) is 11.6. The fourth-order valence-corrected chi connectivity index (χ4v) is 2.01. The molecule has 0 aromatic heterocycles. The predicted molar refractivity (Wildman–Crippen MR) is 91.6 cm³/mol. The molecule has 0 spiro atoms. The van der Waals surface area contributed by atoms with Gasteiger partial charge in [0, 0.05) is 0 Å². The quantitative estimate of drug-likeness (QED) is 0.621. The molecule has 2 aromatic carbocycles. The van der Waals surface area contributed by atoms with Gasteiger partial charge >= 0.3 is 11.8 Å². The van der Waals surface area contributed by atoms with Crippen LogP contribution in [0.5, 0.6) is 11.5 Å². The van der Waals surface area contributed by atoms with Crippen LogP contribution in [0.15, 0.2) is 48.5 Å². The highest BCUT2D eigenvalue weighted by Crippen LogP contribution is 2.20. The lowest BCUT2D eigenvalue weighted by atomic mass is 10.3. The van der Waals surface area contributed by atoms with Gasteiger partial charge in [0.05, 0.1) is 24.4 Å². The molecule has 2 rings (SSSR count). The van der Waals surface area contributed by atoms with Gasteiger partial charge in [-0.2, -0.15) is 0 Å². The van der Waals surface area contributed by atoms with E-state index in [9.17, 15) is 9.59 Å². The third-order valence-corrected chi connectivity index (χ3v) is 3.37. The minimum absolute atomic E-state index is 0.195. The van der Waals surface area contributed by atoms with Gasteiger partial charge < -0.3 is 20.1 Å². The molecule has 24 heavy (non-hydrogen) atoms. The van der Waals surface area contributed by atoms with E-state index < -0.39 is 11.8 Å². The van der Waals surface area contributed by atoms with E-state index in [0.717, 1.165) is 5.75 Å². The normalized spacial score (nSPS) is 9.92. The summed E-state index contributed by atoms with van der Waals surface area (Å²) in [5.41, 5.74) is 0.383. The van der Waals surface area contributed by atoms with Crippen molar-refractivity contribution in [3.8, 4) is 11.5 Å². The molecule has 0 heterocycles. The van der Waals surface area contributed by atoms with E-state index in [1.54, 1.807) is 55.6 Å². The van der Waals surface area contributed by atoms with Gasteiger partial charge in [-0.1, -0.05) is 23.7 Å². The third kappa shape index (κ3) is 5.17. The first-order valence-electron chi connectivity index (χ1n) is 7.20. The Balaban J connectivity index is 1.72. The van der Waals surface area contributed by atoms with Gasteiger partial charge in [-0.25, -0.2) is 0 Å². The van der Waals surface area contributed by atoms with E-state index in [4.69, 9.17) is 21.1 Å². The molecular formula is C17H17ClN2O4. The van der Waals surface area contributed by atoms with E-state index in [1.165, 1.54) is 0 Å². The van der Waals surface area contributed by atoms with Crippen LogP contribution in [-0.4, -0.2) is 32.1 Å². The second-order valence-corrected chi connectivity index (χ2v) is 5.12. The maximum absolute atomic E-state index is 11.8. The number of rotatable bonds is 6. The minimum Gasteiger partial charge on any atom is -0.497 e. The number of carbonyl (C=O) groups is 2. The van der Waals surface area contributed by atoms with Crippen molar-refractivity contribution in [2.75, 3.05) is 25.6 Å². The molecule has 2 amide bonds. The molecular weight excluding hydrogens is 332 g/mol. The number of carbonyl (C=O) groups excluding carboxylic acids is 2. The van der Waals surface area contributed by atoms with Crippen LogP contribution in [0.25, 0.3) is 0 Å². The number of nitrogens with one attached hydrogen (secondary N) is 2. The van der Waals surface area contributed by atoms with Gasteiger partial charge in [0.1, 0.15) is 18.1 Å². The summed E-state index contributed by atoms with van der Waals surface area (Å²) < 4.78 is 10.5. The zero-order chi connectivity index (χ0) is 17.4. The van der Waals surface area contributed by atoms with Crippen molar-refractivity contribution in [1.82, 2.24) is 5.32 Å². The van der Waals surface area contributed by atoms with Crippen molar-refractivity contribution in [2.24, 2.45) is 0 Å². The van der Waals surface area contributed by atoms with Crippen LogP contribution in [0.3, 0.4) is 0 Å². The SMILES string of the molecule is COc1ccc(OCCNC(=O)C(=O)Nc2ccccc2Cl)cc1. The van der Waals surface area contributed by atoms with E-state index in [1.807, 2.05) is 0 Å². The summed E-state index contributed by atoms with van der Waals surface area (Å²) >= 11 is 5.91. The van der Waals surface area contributed by atoms with Crippen LogP contribution in [0, 0.1) is 0 Å². The van der Waals surface area contributed by atoms with Gasteiger partial charge in [-0.15, -0.1) is 0 Å². The molecule has 0 fully saturated rings. The number of anilines is 1. The molecule has 0 unspecified atom stereocenters. The number of benzene rings is 2. The number of hydrogen-bond donors (Lipinski definition) is 2. The van der Waals surface area contributed by atoms with Crippen molar-refractivity contribution >= 4 is 29.1 Å². The highest BCUT2D eigenvalue weighted by Gasteiger charge is 2.14. The van der Waals surface area contributed by atoms with Crippen molar-refractivity contribution in [2.45, 2.75) is 0 Å².